The maximum Gasteiger partial charge on any atom is 0.377 e. The smallest absolute Gasteiger partial charge is 0.355 e. The molecule has 1 saturated carbocycles. The zero-order chi connectivity index (χ0) is 19.5. The van der Waals surface area contributed by atoms with E-state index in [1.807, 2.05) is 6.20 Å². The van der Waals surface area contributed by atoms with Crippen molar-refractivity contribution in [3.8, 4) is 0 Å². The van der Waals surface area contributed by atoms with Crippen molar-refractivity contribution in [3.63, 3.8) is 0 Å². The van der Waals surface area contributed by atoms with Crippen LogP contribution in [0.25, 0.3) is 0 Å². The Balaban J connectivity index is 3.23. The van der Waals surface area contributed by atoms with Crippen LogP contribution in [0.1, 0.15) is 59.8 Å². The highest BCUT2D eigenvalue weighted by Crippen LogP contribution is 2.60. The second-order valence-electron chi connectivity index (χ2n) is 5.73. The fourth-order valence-corrected chi connectivity index (χ4v) is 6.21. The average Bonchev–Trinajstić information content (AvgIpc) is 2.60. The molecule has 0 bridgehead atoms. The van der Waals surface area contributed by atoms with Gasteiger partial charge in [-0.05, 0) is 53.4 Å². The Labute approximate surface area is 157 Å². The van der Waals surface area contributed by atoms with E-state index in [0.29, 0.717) is 0 Å². The summed E-state index contributed by atoms with van der Waals surface area (Å²) >= 11 is 0. The zero-order valence-electron chi connectivity index (χ0n) is 16.4. The molecule has 0 atom stereocenters. The van der Waals surface area contributed by atoms with Gasteiger partial charge >= 0.3 is 15.2 Å². The molecule has 0 aromatic rings. The van der Waals surface area contributed by atoms with Crippen molar-refractivity contribution in [2.75, 3.05) is 26.4 Å². The normalized spacial score (nSPS) is 16.6. The first kappa shape index (κ1) is 23.6. The molecule has 0 aromatic carbocycles. The number of allylic oxidation sites excluding steroid dienone is 1. The second kappa shape index (κ2) is 12.1. The van der Waals surface area contributed by atoms with E-state index in [-0.39, 0.29) is 31.9 Å². The Bertz CT molecular complexity index is 548. The molecule has 0 heterocycles. The average molecular weight is 409 g/mol. The lowest BCUT2D eigenvalue weighted by atomic mass is 9.96. The van der Waals surface area contributed by atoms with Crippen molar-refractivity contribution in [1.29, 1.82) is 0 Å². The minimum Gasteiger partial charge on any atom is -0.355 e. The predicted molar refractivity (Wildman–Crippen MR) is 104 cm³/mol. The molecule has 1 N–H and O–H groups in total. The van der Waals surface area contributed by atoms with Gasteiger partial charge in [0.05, 0.1) is 32.2 Å². The summed E-state index contributed by atoms with van der Waals surface area (Å²) in [4.78, 5) is 0. The van der Waals surface area contributed by atoms with Crippen LogP contribution in [-0.2, 0) is 27.2 Å². The molecule has 0 radical (unpaired) electrons. The van der Waals surface area contributed by atoms with Crippen LogP contribution in [0.15, 0.2) is 23.0 Å². The quantitative estimate of drug-likeness (QED) is 0.411. The molecule has 0 unspecified atom stereocenters. The van der Waals surface area contributed by atoms with E-state index in [1.165, 1.54) is 17.8 Å². The Morgan fingerprint density at radius 2 is 1.38 bits per heavy atom. The molecule has 7 nitrogen and oxygen atoms in total. The van der Waals surface area contributed by atoms with Gasteiger partial charge in [0.1, 0.15) is 5.44 Å². The van der Waals surface area contributed by atoms with Gasteiger partial charge in [-0.2, -0.15) is 0 Å². The molecule has 0 aliphatic heterocycles. The minimum atomic E-state index is -3.67. The summed E-state index contributed by atoms with van der Waals surface area (Å²) in [5, 5.41) is 3.03. The highest BCUT2D eigenvalue weighted by atomic mass is 31.2. The molecule has 1 aliphatic carbocycles. The summed E-state index contributed by atoms with van der Waals surface area (Å²) in [5.74, 6) is 1.24. The topological polar surface area (TPSA) is 83.1 Å². The van der Waals surface area contributed by atoms with Crippen molar-refractivity contribution in [1.82, 2.24) is 5.32 Å². The van der Waals surface area contributed by atoms with E-state index in [2.05, 4.69) is 5.32 Å². The van der Waals surface area contributed by atoms with Crippen LogP contribution in [-0.4, -0.2) is 26.4 Å². The third kappa shape index (κ3) is 7.67. The highest BCUT2D eigenvalue weighted by molar-refractivity contribution is 7.62. The molecule has 152 valence electrons. The van der Waals surface area contributed by atoms with E-state index in [4.69, 9.17) is 18.1 Å². The van der Waals surface area contributed by atoms with Crippen molar-refractivity contribution in [2.24, 2.45) is 0 Å². The maximum absolute atomic E-state index is 13.2. The summed E-state index contributed by atoms with van der Waals surface area (Å²) in [5.41, 5.74) is 1.33. The van der Waals surface area contributed by atoms with E-state index in [0.717, 1.165) is 25.7 Å². The van der Waals surface area contributed by atoms with Gasteiger partial charge < -0.3 is 23.4 Å². The first-order chi connectivity index (χ1) is 12.4. The number of hydrogen-bond donors (Lipinski definition) is 1. The molecule has 0 saturated heterocycles. The third-order valence-electron chi connectivity index (χ3n) is 3.71. The molecule has 1 aliphatic rings. The van der Waals surface area contributed by atoms with Crippen LogP contribution in [0.5, 0.6) is 0 Å². The van der Waals surface area contributed by atoms with Crippen molar-refractivity contribution < 1.29 is 27.2 Å². The van der Waals surface area contributed by atoms with Gasteiger partial charge in [0, 0.05) is 6.20 Å². The van der Waals surface area contributed by atoms with Crippen LogP contribution in [0, 0.1) is 0 Å². The SMILES string of the molecule is CCOP(=O)(/C=C(\NC=C1CCCCC1)P(=O)(OCC)OCC)OCC. The molecule has 0 spiro atoms. The monoisotopic (exact) mass is 409 g/mol. The molecule has 1 fully saturated rings. The lowest BCUT2D eigenvalue weighted by Crippen LogP contribution is -2.12. The van der Waals surface area contributed by atoms with Crippen molar-refractivity contribution in [2.45, 2.75) is 59.8 Å². The Hall–Kier alpha value is -0.420. The summed E-state index contributed by atoms with van der Waals surface area (Å²) in [6.07, 6.45) is 7.29. The standard InChI is InChI=1S/C17H33NO6P2/c1-5-21-25(19,22-6-2)15-17(26(20,23-7-3)24-8-4)18-14-16-12-10-9-11-13-16/h14-15,18H,5-13H2,1-4H3/b17-15+. The third-order valence-corrected chi connectivity index (χ3v) is 7.77. The van der Waals surface area contributed by atoms with Gasteiger partial charge in [-0.15, -0.1) is 0 Å². The molecule has 0 amide bonds. The summed E-state index contributed by atoms with van der Waals surface area (Å²) < 4.78 is 47.6. The molecular formula is C17H33NO6P2. The Morgan fingerprint density at radius 1 is 0.885 bits per heavy atom. The Kier molecular flexibility index (Phi) is 11.0. The number of rotatable bonds is 12. The molecule has 9 heteroatoms. The van der Waals surface area contributed by atoms with Gasteiger partial charge in [-0.1, -0.05) is 12.0 Å². The van der Waals surface area contributed by atoms with Crippen molar-refractivity contribution >= 4 is 15.2 Å². The van der Waals surface area contributed by atoms with Crippen LogP contribution in [0.4, 0.5) is 0 Å². The van der Waals surface area contributed by atoms with E-state index >= 15 is 0 Å². The number of nitrogens with one attached hydrogen (secondary N) is 1. The lowest BCUT2D eigenvalue weighted by Gasteiger charge is -2.23. The zero-order valence-corrected chi connectivity index (χ0v) is 18.2. The summed E-state index contributed by atoms with van der Waals surface area (Å²) in [6, 6.07) is 0. The van der Waals surface area contributed by atoms with Gasteiger partial charge in [0.15, 0.2) is 0 Å². The van der Waals surface area contributed by atoms with Crippen LogP contribution in [0.3, 0.4) is 0 Å². The largest absolute Gasteiger partial charge is 0.377 e. The van der Waals surface area contributed by atoms with Crippen LogP contribution >= 0.6 is 15.2 Å². The summed E-state index contributed by atoms with van der Waals surface area (Å²) in [7, 11) is -7.24. The maximum atomic E-state index is 13.2. The van der Waals surface area contributed by atoms with E-state index < -0.39 is 15.2 Å². The minimum absolute atomic E-state index is 0.101. The van der Waals surface area contributed by atoms with Gasteiger partial charge in [0.2, 0.25) is 0 Å². The molecular weight excluding hydrogens is 376 g/mol. The fraction of sp³-hybridized carbons (Fsp3) is 0.765. The van der Waals surface area contributed by atoms with Crippen LogP contribution < -0.4 is 5.32 Å². The predicted octanol–water partition coefficient (Wildman–Crippen LogP) is 5.76. The number of hydrogen-bond acceptors (Lipinski definition) is 7. The van der Waals surface area contributed by atoms with Crippen LogP contribution in [0.2, 0.25) is 0 Å². The first-order valence-electron chi connectivity index (χ1n) is 9.38. The fourth-order valence-electron chi connectivity index (χ4n) is 2.65. The molecule has 0 aromatic heterocycles. The second-order valence-corrected chi connectivity index (χ2v) is 9.58. The Morgan fingerprint density at radius 3 is 1.85 bits per heavy atom. The van der Waals surface area contributed by atoms with E-state index in [9.17, 15) is 9.13 Å². The van der Waals surface area contributed by atoms with Crippen molar-refractivity contribution in [3.05, 3.63) is 23.0 Å². The first-order valence-corrected chi connectivity index (χ1v) is 12.5. The van der Waals surface area contributed by atoms with Gasteiger partial charge in [0.25, 0.3) is 0 Å². The summed E-state index contributed by atoms with van der Waals surface area (Å²) in [6.45, 7) is 7.70. The van der Waals surface area contributed by atoms with Gasteiger partial charge in [-0.25, -0.2) is 0 Å². The lowest BCUT2D eigenvalue weighted by molar-refractivity contribution is 0.221. The van der Waals surface area contributed by atoms with E-state index in [1.54, 1.807) is 27.7 Å². The van der Waals surface area contributed by atoms with Gasteiger partial charge in [-0.3, -0.25) is 9.13 Å². The highest BCUT2D eigenvalue weighted by Gasteiger charge is 2.34. The molecule has 1 rings (SSSR count). The molecule has 26 heavy (non-hydrogen) atoms.